The second-order valence-electron chi connectivity index (χ2n) is 2.44. The second-order valence-corrected chi connectivity index (χ2v) is 2.44. The van der Waals surface area contributed by atoms with Gasteiger partial charge in [0.15, 0.2) is 0 Å². The molecule has 3 N–H and O–H groups in total. The fourth-order valence-electron chi connectivity index (χ4n) is 0.764. The number of carbonyl (C=O) groups is 1. The Morgan fingerprint density at radius 1 is 1.43 bits per heavy atom. The molecule has 0 aliphatic heterocycles. The molecule has 0 saturated heterocycles. The van der Waals surface area contributed by atoms with E-state index in [9.17, 15) is 4.79 Å². The maximum Gasteiger partial charge on any atom is 0.335 e. The summed E-state index contributed by atoms with van der Waals surface area (Å²) in [5.41, 5.74) is 1.13. The number of ether oxygens (including phenoxy) is 1. The normalized spacial score (nSPS) is 8.21. The molecule has 76 valence electrons. The van der Waals surface area contributed by atoms with Crippen LogP contribution in [-0.2, 0) is 4.79 Å². The van der Waals surface area contributed by atoms with Crippen LogP contribution in [0.25, 0.3) is 0 Å². The molecule has 0 saturated carbocycles. The number of esters is 1. The minimum atomic E-state index is -0.432. The van der Waals surface area contributed by atoms with E-state index in [4.69, 9.17) is 9.94 Å². The van der Waals surface area contributed by atoms with Gasteiger partial charge >= 0.3 is 5.97 Å². The van der Waals surface area contributed by atoms with Gasteiger partial charge in [0.05, 0.1) is 0 Å². The van der Waals surface area contributed by atoms with E-state index in [-0.39, 0.29) is 0 Å². The molecule has 0 aromatic heterocycles. The smallest absolute Gasteiger partial charge is 0.335 e. The fourth-order valence-corrected chi connectivity index (χ4v) is 0.764. The average Bonchev–Trinajstić information content (AvgIpc) is 2.24. The van der Waals surface area contributed by atoms with E-state index < -0.39 is 5.97 Å². The fraction of sp³-hybridized carbons (Fsp3) is 0.100. The van der Waals surface area contributed by atoms with E-state index in [2.05, 4.69) is 12.5 Å². The molecule has 14 heavy (non-hydrogen) atoms. The highest BCUT2D eigenvalue weighted by atomic mass is 16.5. The van der Waals surface area contributed by atoms with Gasteiger partial charge in [0, 0.05) is 6.08 Å². The summed E-state index contributed by atoms with van der Waals surface area (Å²) >= 11 is 0. The van der Waals surface area contributed by atoms with Crippen molar-refractivity contribution in [2.24, 2.45) is 5.90 Å². The van der Waals surface area contributed by atoms with Crippen LogP contribution in [0, 0.1) is 6.92 Å². The van der Waals surface area contributed by atoms with Crippen molar-refractivity contribution in [1.82, 2.24) is 0 Å². The first-order valence-electron chi connectivity index (χ1n) is 3.89. The average molecular weight is 195 g/mol. The van der Waals surface area contributed by atoms with Crippen molar-refractivity contribution in [3.8, 4) is 5.75 Å². The summed E-state index contributed by atoms with van der Waals surface area (Å²) in [7, 11) is 0. The van der Waals surface area contributed by atoms with Crippen LogP contribution in [0.5, 0.6) is 5.75 Å². The zero-order valence-corrected chi connectivity index (χ0v) is 7.93. The molecule has 0 aliphatic rings. The monoisotopic (exact) mass is 195 g/mol. The predicted molar refractivity (Wildman–Crippen MR) is 53.0 cm³/mol. The Kier molecular flexibility index (Phi) is 6.02. The van der Waals surface area contributed by atoms with Crippen molar-refractivity contribution in [2.75, 3.05) is 0 Å². The van der Waals surface area contributed by atoms with Crippen molar-refractivity contribution in [1.29, 1.82) is 0 Å². The van der Waals surface area contributed by atoms with Crippen LogP contribution in [0.4, 0.5) is 0 Å². The maximum absolute atomic E-state index is 10.7. The van der Waals surface area contributed by atoms with Gasteiger partial charge in [-0.1, -0.05) is 24.3 Å². The number of carbonyl (C=O) groups excluding carboxylic acids is 1. The van der Waals surface area contributed by atoms with E-state index >= 15 is 0 Å². The van der Waals surface area contributed by atoms with Gasteiger partial charge < -0.3 is 9.94 Å². The SMILES string of the molecule is C=CC(=O)Oc1ccc(C)cc1.NO. The number of aryl methyl sites for hydroxylation is 1. The Balaban J connectivity index is 0.000000791. The third-order valence-corrected chi connectivity index (χ3v) is 1.41. The van der Waals surface area contributed by atoms with Gasteiger partial charge in [0.2, 0.25) is 0 Å². The number of hydrogen-bond donors (Lipinski definition) is 2. The molecule has 0 aliphatic carbocycles. The maximum atomic E-state index is 10.7. The molecule has 4 nitrogen and oxygen atoms in total. The van der Waals surface area contributed by atoms with Crippen LogP contribution in [0.3, 0.4) is 0 Å². The Hall–Kier alpha value is -1.65. The number of benzene rings is 1. The molecule has 0 radical (unpaired) electrons. The van der Waals surface area contributed by atoms with E-state index in [1.807, 2.05) is 19.1 Å². The molecule has 0 bridgehead atoms. The van der Waals surface area contributed by atoms with Crippen LogP contribution >= 0.6 is 0 Å². The Labute approximate surface area is 82.6 Å². The van der Waals surface area contributed by atoms with Crippen LogP contribution in [0.15, 0.2) is 36.9 Å². The van der Waals surface area contributed by atoms with Gasteiger partial charge in [-0.2, -0.15) is 0 Å². The molecule has 0 unspecified atom stereocenters. The lowest BCUT2D eigenvalue weighted by Gasteiger charge is -2.00. The third-order valence-electron chi connectivity index (χ3n) is 1.41. The van der Waals surface area contributed by atoms with Crippen LogP contribution in [-0.4, -0.2) is 11.2 Å². The standard InChI is InChI=1S/C10H10O2.H3NO/c1-3-10(11)12-9-6-4-8(2)5-7-9;1-2/h3-7H,1H2,2H3;2H,1H2. The van der Waals surface area contributed by atoms with Crippen LogP contribution < -0.4 is 10.6 Å². The summed E-state index contributed by atoms with van der Waals surface area (Å²) in [4.78, 5) is 10.7. The Bertz CT molecular complexity index is 293. The zero-order valence-electron chi connectivity index (χ0n) is 7.93. The Morgan fingerprint density at radius 3 is 2.36 bits per heavy atom. The first kappa shape index (κ1) is 12.3. The Morgan fingerprint density at radius 2 is 1.93 bits per heavy atom. The van der Waals surface area contributed by atoms with Gasteiger partial charge in [0.1, 0.15) is 5.75 Å². The molecule has 0 atom stereocenters. The van der Waals surface area contributed by atoms with E-state index in [1.54, 1.807) is 12.1 Å². The summed E-state index contributed by atoms with van der Waals surface area (Å²) in [6, 6.07) is 7.25. The van der Waals surface area contributed by atoms with Crippen LogP contribution in [0.1, 0.15) is 5.56 Å². The largest absolute Gasteiger partial charge is 0.423 e. The molecule has 1 aromatic rings. The van der Waals surface area contributed by atoms with Crippen molar-refractivity contribution in [3.63, 3.8) is 0 Å². The van der Waals surface area contributed by atoms with Crippen molar-refractivity contribution in [3.05, 3.63) is 42.5 Å². The van der Waals surface area contributed by atoms with Gasteiger partial charge in [-0.3, -0.25) is 0 Å². The summed E-state index contributed by atoms with van der Waals surface area (Å²) in [6.07, 6.45) is 1.14. The van der Waals surface area contributed by atoms with E-state index in [1.165, 1.54) is 0 Å². The van der Waals surface area contributed by atoms with Crippen molar-refractivity contribution < 1.29 is 14.7 Å². The lowest BCUT2D eigenvalue weighted by molar-refractivity contribution is -0.128. The highest BCUT2D eigenvalue weighted by molar-refractivity contribution is 5.83. The molecule has 1 aromatic carbocycles. The van der Waals surface area contributed by atoms with Gasteiger partial charge in [-0.25, -0.2) is 10.7 Å². The predicted octanol–water partition coefficient (Wildman–Crippen LogP) is 1.42. The topological polar surface area (TPSA) is 72.5 Å². The van der Waals surface area contributed by atoms with Gasteiger partial charge in [0.25, 0.3) is 0 Å². The van der Waals surface area contributed by atoms with Crippen molar-refractivity contribution >= 4 is 5.97 Å². The summed E-state index contributed by atoms with van der Waals surface area (Å²) in [5, 5.41) is 6.50. The van der Waals surface area contributed by atoms with E-state index in [0.29, 0.717) is 5.75 Å². The van der Waals surface area contributed by atoms with Gasteiger partial charge in [-0.15, -0.1) is 0 Å². The molecule has 0 amide bonds. The first-order valence-corrected chi connectivity index (χ1v) is 3.89. The number of hydrogen-bond acceptors (Lipinski definition) is 4. The lowest BCUT2D eigenvalue weighted by Crippen LogP contribution is -2.02. The molecule has 0 fully saturated rings. The lowest BCUT2D eigenvalue weighted by atomic mass is 10.2. The molecule has 0 heterocycles. The van der Waals surface area contributed by atoms with Gasteiger partial charge in [-0.05, 0) is 19.1 Å². The molecular formula is C10H13NO3. The number of nitrogens with two attached hydrogens (primary N) is 1. The molecule has 0 spiro atoms. The summed E-state index contributed by atoms with van der Waals surface area (Å²) in [6.45, 7) is 5.27. The highest BCUT2D eigenvalue weighted by Crippen LogP contribution is 2.11. The minimum absolute atomic E-state index is 0.432. The van der Waals surface area contributed by atoms with Crippen molar-refractivity contribution in [2.45, 2.75) is 6.92 Å². The minimum Gasteiger partial charge on any atom is -0.423 e. The molecule has 4 heteroatoms. The van der Waals surface area contributed by atoms with Crippen LogP contribution in [0.2, 0.25) is 0 Å². The zero-order chi connectivity index (χ0) is 11.0. The van der Waals surface area contributed by atoms with E-state index in [0.717, 1.165) is 11.6 Å². The molecular weight excluding hydrogens is 182 g/mol. The summed E-state index contributed by atoms with van der Waals surface area (Å²) in [5.74, 6) is 3.62. The summed E-state index contributed by atoms with van der Waals surface area (Å²) < 4.78 is 4.86. The quantitative estimate of drug-likeness (QED) is 0.324. The second kappa shape index (κ2) is 6.82. The number of rotatable bonds is 2. The third kappa shape index (κ3) is 4.39. The first-order chi connectivity index (χ1) is 6.72. The highest BCUT2D eigenvalue weighted by Gasteiger charge is 1.97. The molecule has 1 rings (SSSR count).